The standard InChI is InChI=1S/C12H10F2N2S/c13-7-1-4-10(14)9(5-7)11-6-17-12(16-11)15-8-2-3-8/h1,4-6,8H,2-3H2,(H,15,16). The first-order valence-corrected chi connectivity index (χ1v) is 6.28. The third-order valence-corrected chi connectivity index (χ3v) is 3.39. The Bertz CT molecular complexity index is 549. The number of thiazole rings is 1. The van der Waals surface area contributed by atoms with Gasteiger partial charge < -0.3 is 5.32 Å². The highest BCUT2D eigenvalue weighted by atomic mass is 32.1. The molecule has 0 atom stereocenters. The molecule has 1 heterocycles. The zero-order valence-electron chi connectivity index (χ0n) is 8.91. The van der Waals surface area contributed by atoms with Crippen LogP contribution in [-0.2, 0) is 0 Å². The summed E-state index contributed by atoms with van der Waals surface area (Å²) >= 11 is 1.42. The zero-order chi connectivity index (χ0) is 11.8. The minimum Gasteiger partial charge on any atom is -0.359 e. The van der Waals surface area contributed by atoms with Crippen molar-refractivity contribution in [1.82, 2.24) is 4.98 Å². The molecule has 3 rings (SSSR count). The molecule has 2 aromatic rings. The summed E-state index contributed by atoms with van der Waals surface area (Å²) in [7, 11) is 0. The van der Waals surface area contributed by atoms with Crippen LogP contribution in [0.4, 0.5) is 13.9 Å². The minimum absolute atomic E-state index is 0.213. The summed E-state index contributed by atoms with van der Waals surface area (Å²) in [6.07, 6.45) is 2.31. The average molecular weight is 252 g/mol. The number of nitrogens with zero attached hydrogens (tertiary/aromatic N) is 1. The van der Waals surface area contributed by atoms with Crippen LogP contribution in [0.15, 0.2) is 23.6 Å². The molecule has 1 fully saturated rings. The fourth-order valence-electron chi connectivity index (χ4n) is 1.56. The fraction of sp³-hybridized carbons (Fsp3) is 0.250. The molecule has 17 heavy (non-hydrogen) atoms. The molecule has 1 N–H and O–H groups in total. The maximum Gasteiger partial charge on any atom is 0.183 e. The van der Waals surface area contributed by atoms with Crippen LogP contribution in [0.5, 0.6) is 0 Å². The van der Waals surface area contributed by atoms with Gasteiger partial charge in [-0.2, -0.15) is 0 Å². The molecule has 1 aromatic carbocycles. The van der Waals surface area contributed by atoms with Crippen molar-refractivity contribution in [1.29, 1.82) is 0 Å². The van der Waals surface area contributed by atoms with E-state index in [4.69, 9.17) is 0 Å². The molecule has 88 valence electrons. The van der Waals surface area contributed by atoms with Crippen molar-refractivity contribution in [2.75, 3.05) is 5.32 Å². The van der Waals surface area contributed by atoms with Crippen molar-refractivity contribution < 1.29 is 8.78 Å². The van der Waals surface area contributed by atoms with Crippen molar-refractivity contribution in [2.24, 2.45) is 0 Å². The SMILES string of the molecule is Fc1ccc(F)c(-c2csc(NC3CC3)n2)c1. The molecule has 0 radical (unpaired) electrons. The highest BCUT2D eigenvalue weighted by Gasteiger charge is 2.22. The Morgan fingerprint density at radius 1 is 1.29 bits per heavy atom. The summed E-state index contributed by atoms with van der Waals surface area (Å²) in [6.45, 7) is 0. The van der Waals surface area contributed by atoms with E-state index in [1.165, 1.54) is 17.4 Å². The second-order valence-electron chi connectivity index (χ2n) is 4.08. The van der Waals surface area contributed by atoms with Gasteiger partial charge in [-0.15, -0.1) is 11.3 Å². The molecule has 1 aliphatic carbocycles. The number of anilines is 1. The summed E-state index contributed by atoms with van der Waals surface area (Å²) in [5.41, 5.74) is 0.695. The van der Waals surface area contributed by atoms with Gasteiger partial charge in [0.2, 0.25) is 0 Å². The second kappa shape index (κ2) is 4.07. The van der Waals surface area contributed by atoms with Crippen LogP contribution < -0.4 is 5.32 Å². The van der Waals surface area contributed by atoms with Crippen molar-refractivity contribution in [3.63, 3.8) is 0 Å². The summed E-state index contributed by atoms with van der Waals surface area (Å²) in [5, 5.41) is 5.74. The van der Waals surface area contributed by atoms with E-state index in [-0.39, 0.29) is 5.56 Å². The lowest BCUT2D eigenvalue weighted by Crippen LogP contribution is -1.99. The van der Waals surface area contributed by atoms with Gasteiger partial charge in [-0.3, -0.25) is 0 Å². The number of hydrogen-bond acceptors (Lipinski definition) is 3. The van der Waals surface area contributed by atoms with Crippen LogP contribution in [0.25, 0.3) is 11.3 Å². The number of halogens is 2. The highest BCUT2D eigenvalue weighted by Crippen LogP contribution is 2.31. The molecule has 1 aliphatic rings. The lowest BCUT2D eigenvalue weighted by molar-refractivity contribution is 0.603. The van der Waals surface area contributed by atoms with Gasteiger partial charge in [0.1, 0.15) is 11.6 Å². The molecule has 0 unspecified atom stereocenters. The van der Waals surface area contributed by atoms with E-state index in [1.807, 2.05) is 0 Å². The Morgan fingerprint density at radius 2 is 2.12 bits per heavy atom. The van der Waals surface area contributed by atoms with Crippen LogP contribution in [0, 0.1) is 11.6 Å². The van der Waals surface area contributed by atoms with E-state index >= 15 is 0 Å². The predicted octanol–water partition coefficient (Wildman–Crippen LogP) is 3.66. The van der Waals surface area contributed by atoms with Crippen molar-refractivity contribution >= 4 is 16.5 Å². The Hall–Kier alpha value is -1.49. The quantitative estimate of drug-likeness (QED) is 0.901. The van der Waals surface area contributed by atoms with E-state index in [1.54, 1.807) is 5.38 Å². The van der Waals surface area contributed by atoms with Crippen LogP contribution in [0.1, 0.15) is 12.8 Å². The molecule has 0 saturated heterocycles. The van der Waals surface area contributed by atoms with E-state index < -0.39 is 11.6 Å². The van der Waals surface area contributed by atoms with Gasteiger partial charge in [0.25, 0.3) is 0 Å². The van der Waals surface area contributed by atoms with Gasteiger partial charge in [-0.25, -0.2) is 13.8 Å². The third kappa shape index (κ3) is 2.29. The van der Waals surface area contributed by atoms with Crippen LogP contribution in [0.3, 0.4) is 0 Å². The maximum atomic E-state index is 13.5. The molecule has 1 saturated carbocycles. The van der Waals surface area contributed by atoms with Gasteiger partial charge in [0.05, 0.1) is 5.69 Å². The molecule has 5 heteroatoms. The van der Waals surface area contributed by atoms with Gasteiger partial charge >= 0.3 is 0 Å². The van der Waals surface area contributed by atoms with Gasteiger partial charge in [0.15, 0.2) is 5.13 Å². The number of nitrogens with one attached hydrogen (secondary N) is 1. The first-order chi connectivity index (χ1) is 8.22. The summed E-state index contributed by atoms with van der Waals surface area (Å²) in [6, 6.07) is 3.91. The average Bonchev–Trinajstić information content (AvgIpc) is 2.99. The van der Waals surface area contributed by atoms with Crippen LogP contribution in [-0.4, -0.2) is 11.0 Å². The van der Waals surface area contributed by atoms with E-state index in [0.717, 1.165) is 30.1 Å². The maximum absolute atomic E-state index is 13.5. The molecule has 1 aromatic heterocycles. The monoisotopic (exact) mass is 252 g/mol. The smallest absolute Gasteiger partial charge is 0.183 e. The van der Waals surface area contributed by atoms with Crippen molar-refractivity contribution in [3.05, 3.63) is 35.2 Å². The first-order valence-electron chi connectivity index (χ1n) is 5.40. The Labute approximate surface area is 101 Å². The molecular weight excluding hydrogens is 242 g/mol. The molecule has 0 amide bonds. The van der Waals surface area contributed by atoms with Crippen molar-refractivity contribution in [2.45, 2.75) is 18.9 Å². The molecule has 0 bridgehead atoms. The topological polar surface area (TPSA) is 24.9 Å². The van der Waals surface area contributed by atoms with E-state index in [2.05, 4.69) is 10.3 Å². The summed E-state index contributed by atoms with van der Waals surface area (Å²) < 4.78 is 26.6. The van der Waals surface area contributed by atoms with Gasteiger partial charge in [-0.05, 0) is 31.0 Å². The first kappa shape index (κ1) is 10.7. The largest absolute Gasteiger partial charge is 0.359 e. The molecule has 0 aliphatic heterocycles. The predicted molar refractivity (Wildman–Crippen MR) is 64.1 cm³/mol. The third-order valence-electron chi connectivity index (χ3n) is 2.61. The highest BCUT2D eigenvalue weighted by molar-refractivity contribution is 7.14. The summed E-state index contributed by atoms with van der Waals surface area (Å²) in [5.74, 6) is -0.902. The Kier molecular flexibility index (Phi) is 2.55. The minimum atomic E-state index is -0.453. The normalized spacial score (nSPS) is 14.9. The van der Waals surface area contributed by atoms with Crippen LogP contribution >= 0.6 is 11.3 Å². The van der Waals surface area contributed by atoms with Crippen molar-refractivity contribution in [3.8, 4) is 11.3 Å². The van der Waals surface area contributed by atoms with Crippen LogP contribution in [0.2, 0.25) is 0 Å². The number of aromatic nitrogens is 1. The van der Waals surface area contributed by atoms with Gasteiger partial charge in [-0.1, -0.05) is 0 Å². The molecule has 2 nitrogen and oxygen atoms in total. The van der Waals surface area contributed by atoms with Gasteiger partial charge in [0, 0.05) is 17.0 Å². The number of rotatable bonds is 3. The summed E-state index contributed by atoms with van der Waals surface area (Å²) in [4.78, 5) is 4.26. The lowest BCUT2D eigenvalue weighted by atomic mass is 10.1. The zero-order valence-corrected chi connectivity index (χ0v) is 9.73. The Balaban J connectivity index is 1.91. The lowest BCUT2D eigenvalue weighted by Gasteiger charge is -2.00. The number of benzene rings is 1. The molecular formula is C12H10F2N2S. The van der Waals surface area contributed by atoms with E-state index in [9.17, 15) is 8.78 Å². The van der Waals surface area contributed by atoms with E-state index in [0.29, 0.717) is 11.7 Å². The molecule has 0 spiro atoms. The number of hydrogen-bond donors (Lipinski definition) is 1. The Morgan fingerprint density at radius 3 is 2.88 bits per heavy atom. The second-order valence-corrected chi connectivity index (χ2v) is 4.94. The fourth-order valence-corrected chi connectivity index (χ4v) is 2.35.